The molecule has 2 N–H and O–H groups in total. The Morgan fingerprint density at radius 2 is 1.67 bits per heavy atom. The smallest absolute Gasteiger partial charge is 0.317 e. The molecule has 0 aromatic rings. The van der Waals surface area contributed by atoms with Gasteiger partial charge in [-0.2, -0.15) is 0 Å². The first-order valence-electron chi connectivity index (χ1n) is 7.67. The highest BCUT2D eigenvalue weighted by Crippen LogP contribution is 2.07. The van der Waals surface area contributed by atoms with Gasteiger partial charge in [-0.05, 0) is 25.8 Å². The number of hydrogen-bond acceptors (Lipinski definition) is 5. The van der Waals surface area contributed by atoms with Crippen LogP contribution in [0.2, 0.25) is 0 Å². The monoisotopic (exact) mass is 299 g/mol. The molecule has 7 heteroatoms. The molecule has 2 saturated heterocycles. The van der Waals surface area contributed by atoms with Crippen molar-refractivity contribution in [3.8, 4) is 0 Å². The summed E-state index contributed by atoms with van der Waals surface area (Å²) in [6.45, 7) is 5.00. The number of nitrogens with one attached hydrogen (secondary N) is 1. The topological polar surface area (TPSA) is 82.1 Å². The first-order valence-corrected chi connectivity index (χ1v) is 7.67. The molecular formula is C14H25N3O4. The highest BCUT2D eigenvalue weighted by Gasteiger charge is 2.20. The predicted molar refractivity (Wildman–Crippen MR) is 77.1 cm³/mol. The van der Waals surface area contributed by atoms with Gasteiger partial charge in [-0.15, -0.1) is 0 Å². The molecule has 21 heavy (non-hydrogen) atoms. The van der Waals surface area contributed by atoms with Crippen molar-refractivity contribution in [2.75, 3.05) is 52.5 Å². The van der Waals surface area contributed by atoms with E-state index in [1.54, 1.807) is 0 Å². The highest BCUT2D eigenvalue weighted by molar-refractivity contribution is 5.78. The summed E-state index contributed by atoms with van der Waals surface area (Å²) in [5.41, 5.74) is 0. The Hall–Kier alpha value is -1.18. The van der Waals surface area contributed by atoms with Gasteiger partial charge in [-0.1, -0.05) is 0 Å². The van der Waals surface area contributed by atoms with E-state index in [0.717, 1.165) is 52.1 Å². The number of ether oxygens (including phenoxy) is 1. The third-order valence-electron chi connectivity index (χ3n) is 3.99. The lowest BCUT2D eigenvalue weighted by molar-refractivity contribution is -0.138. The summed E-state index contributed by atoms with van der Waals surface area (Å²) in [4.78, 5) is 26.8. The lowest BCUT2D eigenvalue weighted by Crippen LogP contribution is -2.45. The molecule has 120 valence electrons. The second-order valence-electron chi connectivity index (χ2n) is 5.75. The molecule has 0 saturated carbocycles. The molecule has 2 aliphatic heterocycles. The van der Waals surface area contributed by atoms with Gasteiger partial charge in [0.05, 0.1) is 13.1 Å². The summed E-state index contributed by atoms with van der Waals surface area (Å²) in [7, 11) is 0. The Balaban J connectivity index is 1.69. The summed E-state index contributed by atoms with van der Waals surface area (Å²) in [5, 5.41) is 11.9. The van der Waals surface area contributed by atoms with Crippen molar-refractivity contribution < 1.29 is 19.4 Å². The lowest BCUT2D eigenvalue weighted by atomic mass is 10.1. The van der Waals surface area contributed by atoms with Crippen LogP contribution in [0.25, 0.3) is 0 Å². The number of carboxylic acid groups (broad SMARTS) is 1. The summed E-state index contributed by atoms with van der Waals surface area (Å²) in [6.07, 6.45) is 2.67. The minimum Gasteiger partial charge on any atom is -0.480 e. The van der Waals surface area contributed by atoms with Gasteiger partial charge in [0.2, 0.25) is 5.91 Å². The largest absolute Gasteiger partial charge is 0.480 e. The fourth-order valence-electron chi connectivity index (χ4n) is 2.85. The third-order valence-corrected chi connectivity index (χ3v) is 3.99. The number of rotatable bonds is 5. The van der Waals surface area contributed by atoms with E-state index in [-0.39, 0.29) is 18.5 Å². The Kier molecular flexibility index (Phi) is 6.41. The second-order valence-corrected chi connectivity index (χ2v) is 5.75. The van der Waals surface area contributed by atoms with Crippen molar-refractivity contribution >= 4 is 11.9 Å². The maximum absolute atomic E-state index is 12.0. The van der Waals surface area contributed by atoms with Crippen molar-refractivity contribution in [2.45, 2.75) is 25.3 Å². The molecule has 0 aromatic carbocycles. The second kappa shape index (κ2) is 8.31. The number of carboxylic acids is 1. The van der Waals surface area contributed by atoms with Gasteiger partial charge < -0.3 is 15.2 Å². The van der Waals surface area contributed by atoms with Crippen molar-refractivity contribution in [1.82, 2.24) is 15.1 Å². The average Bonchev–Trinajstić information content (AvgIpc) is 2.65. The van der Waals surface area contributed by atoms with E-state index in [0.29, 0.717) is 13.1 Å². The summed E-state index contributed by atoms with van der Waals surface area (Å²) >= 11 is 0. The molecule has 2 heterocycles. The highest BCUT2D eigenvalue weighted by atomic mass is 16.5. The van der Waals surface area contributed by atoms with E-state index >= 15 is 0 Å². The number of carbonyl (C=O) groups is 2. The zero-order valence-electron chi connectivity index (χ0n) is 12.4. The number of nitrogens with zero attached hydrogens (tertiary/aromatic N) is 2. The first-order chi connectivity index (χ1) is 10.1. The van der Waals surface area contributed by atoms with Gasteiger partial charge in [0, 0.05) is 38.9 Å². The van der Waals surface area contributed by atoms with Crippen LogP contribution in [0, 0.1) is 0 Å². The Morgan fingerprint density at radius 1 is 1.05 bits per heavy atom. The SMILES string of the molecule is O=C(O)CN1CCCN(CC(=O)NC2CCOCC2)CC1. The fourth-order valence-corrected chi connectivity index (χ4v) is 2.85. The van der Waals surface area contributed by atoms with Gasteiger partial charge in [0.15, 0.2) is 0 Å². The molecule has 0 unspecified atom stereocenters. The molecule has 2 rings (SSSR count). The van der Waals surface area contributed by atoms with Crippen LogP contribution < -0.4 is 5.32 Å². The molecule has 0 atom stereocenters. The molecule has 7 nitrogen and oxygen atoms in total. The van der Waals surface area contributed by atoms with Crippen LogP contribution in [0.15, 0.2) is 0 Å². The summed E-state index contributed by atoms with van der Waals surface area (Å²) in [6, 6.07) is 0.238. The van der Waals surface area contributed by atoms with Crippen LogP contribution in [0.5, 0.6) is 0 Å². The standard InChI is InChI=1S/C14H25N3O4/c18-13(15-12-2-8-21-9-3-12)10-16-4-1-5-17(7-6-16)11-14(19)20/h12H,1-11H2,(H,15,18)(H,19,20). The van der Waals surface area contributed by atoms with Crippen LogP contribution in [0.1, 0.15) is 19.3 Å². The van der Waals surface area contributed by atoms with Crippen molar-refractivity contribution in [3.05, 3.63) is 0 Å². The maximum Gasteiger partial charge on any atom is 0.317 e. The lowest BCUT2D eigenvalue weighted by Gasteiger charge is -2.25. The Labute approximate surface area is 125 Å². The number of carbonyl (C=O) groups excluding carboxylic acids is 1. The number of amides is 1. The van der Waals surface area contributed by atoms with Crippen LogP contribution in [0.4, 0.5) is 0 Å². The van der Waals surface area contributed by atoms with Crippen molar-refractivity contribution in [3.63, 3.8) is 0 Å². The average molecular weight is 299 g/mol. The summed E-state index contributed by atoms with van der Waals surface area (Å²) in [5.74, 6) is -0.728. The van der Waals surface area contributed by atoms with Gasteiger partial charge >= 0.3 is 5.97 Å². The molecule has 0 radical (unpaired) electrons. The normalized spacial score (nSPS) is 22.7. The van der Waals surface area contributed by atoms with Crippen molar-refractivity contribution in [1.29, 1.82) is 0 Å². The predicted octanol–water partition coefficient (Wildman–Crippen LogP) is -0.626. The van der Waals surface area contributed by atoms with E-state index in [1.807, 2.05) is 4.90 Å². The number of aliphatic carboxylic acids is 1. The molecular weight excluding hydrogens is 274 g/mol. The zero-order valence-corrected chi connectivity index (χ0v) is 12.4. The number of hydrogen-bond donors (Lipinski definition) is 2. The minimum atomic E-state index is -0.791. The third kappa shape index (κ3) is 5.99. The van der Waals surface area contributed by atoms with Crippen LogP contribution >= 0.6 is 0 Å². The van der Waals surface area contributed by atoms with Gasteiger partial charge in [-0.25, -0.2) is 0 Å². The molecule has 2 aliphatic rings. The minimum absolute atomic E-state index is 0.0635. The summed E-state index contributed by atoms with van der Waals surface area (Å²) < 4.78 is 5.28. The van der Waals surface area contributed by atoms with E-state index in [2.05, 4.69) is 10.2 Å². The van der Waals surface area contributed by atoms with Crippen LogP contribution in [-0.4, -0.2) is 85.3 Å². The van der Waals surface area contributed by atoms with E-state index < -0.39 is 5.97 Å². The zero-order chi connectivity index (χ0) is 15.1. The maximum atomic E-state index is 12.0. The van der Waals surface area contributed by atoms with Crippen LogP contribution in [0.3, 0.4) is 0 Å². The Bertz CT molecular complexity index is 358. The van der Waals surface area contributed by atoms with Gasteiger partial charge in [-0.3, -0.25) is 19.4 Å². The van der Waals surface area contributed by atoms with E-state index in [1.165, 1.54) is 0 Å². The molecule has 0 aromatic heterocycles. The quantitative estimate of drug-likeness (QED) is 0.704. The van der Waals surface area contributed by atoms with Crippen LogP contribution in [-0.2, 0) is 14.3 Å². The molecule has 0 spiro atoms. The van der Waals surface area contributed by atoms with Gasteiger partial charge in [0.25, 0.3) is 0 Å². The van der Waals surface area contributed by atoms with Crippen molar-refractivity contribution in [2.24, 2.45) is 0 Å². The Morgan fingerprint density at radius 3 is 2.29 bits per heavy atom. The van der Waals surface area contributed by atoms with E-state index in [9.17, 15) is 9.59 Å². The molecule has 2 fully saturated rings. The van der Waals surface area contributed by atoms with Gasteiger partial charge in [0.1, 0.15) is 0 Å². The fraction of sp³-hybridized carbons (Fsp3) is 0.857. The van der Waals surface area contributed by atoms with E-state index in [4.69, 9.17) is 9.84 Å². The molecule has 0 aliphatic carbocycles. The molecule has 0 bridgehead atoms. The first kappa shape index (κ1) is 16.2. The molecule has 1 amide bonds.